The summed E-state index contributed by atoms with van der Waals surface area (Å²) in [6, 6.07) is 2.40. The van der Waals surface area contributed by atoms with E-state index in [1.165, 1.54) is 23.7 Å². The molecule has 0 aliphatic heterocycles. The predicted octanol–water partition coefficient (Wildman–Crippen LogP) is 4.93. The molecule has 2 heterocycles. The van der Waals surface area contributed by atoms with Crippen LogP contribution in [0.1, 0.15) is 34.5 Å². The molecule has 1 atom stereocenters. The van der Waals surface area contributed by atoms with Crippen LogP contribution < -0.4 is 5.32 Å². The number of alkyl halides is 3. The summed E-state index contributed by atoms with van der Waals surface area (Å²) in [5.74, 6) is 0. The topological polar surface area (TPSA) is 24.9 Å². The number of thiophene rings is 1. The van der Waals surface area contributed by atoms with E-state index in [4.69, 9.17) is 0 Å². The fourth-order valence-corrected chi connectivity index (χ4v) is 3.75. The van der Waals surface area contributed by atoms with Crippen LogP contribution in [0, 0.1) is 6.92 Å². The first-order chi connectivity index (χ1) is 9.84. The van der Waals surface area contributed by atoms with Gasteiger partial charge in [-0.2, -0.15) is 13.2 Å². The molecule has 0 fully saturated rings. The lowest BCUT2D eigenvalue weighted by atomic mass is 10.0. The second-order valence-corrected chi connectivity index (χ2v) is 6.96. The van der Waals surface area contributed by atoms with Crippen molar-refractivity contribution in [3.63, 3.8) is 0 Å². The molecule has 0 saturated carbocycles. The Bertz CT molecular complexity index is 605. The Hall–Kier alpha value is -0.920. The van der Waals surface area contributed by atoms with Gasteiger partial charge in [0.05, 0.1) is 15.4 Å². The van der Waals surface area contributed by atoms with Crippen LogP contribution >= 0.6 is 27.3 Å². The molecule has 0 aromatic carbocycles. The fraction of sp³-hybridized carbons (Fsp3) is 0.357. The SMILES string of the molecule is CCNC(c1cc(C)c(Br)s1)c1cnccc1C(F)(F)F. The Morgan fingerprint density at radius 3 is 2.67 bits per heavy atom. The third-order valence-corrected chi connectivity index (χ3v) is 5.24. The molecule has 0 bridgehead atoms. The van der Waals surface area contributed by atoms with Crippen LogP contribution in [0.4, 0.5) is 13.2 Å². The van der Waals surface area contributed by atoms with Crippen LogP contribution in [-0.2, 0) is 6.18 Å². The zero-order valence-electron chi connectivity index (χ0n) is 11.5. The van der Waals surface area contributed by atoms with Gasteiger partial charge in [-0.15, -0.1) is 11.3 Å². The molecular formula is C14H14BrF3N2S. The maximum absolute atomic E-state index is 13.2. The molecule has 21 heavy (non-hydrogen) atoms. The number of halogens is 4. The van der Waals surface area contributed by atoms with Gasteiger partial charge in [-0.25, -0.2) is 0 Å². The Labute approximate surface area is 133 Å². The molecule has 2 aromatic heterocycles. The van der Waals surface area contributed by atoms with Crippen LogP contribution in [0.3, 0.4) is 0 Å². The van der Waals surface area contributed by atoms with Gasteiger partial charge < -0.3 is 5.32 Å². The summed E-state index contributed by atoms with van der Waals surface area (Å²) < 4.78 is 40.5. The molecule has 0 saturated heterocycles. The summed E-state index contributed by atoms with van der Waals surface area (Å²) in [6.45, 7) is 4.35. The first kappa shape index (κ1) is 16.5. The fourth-order valence-electron chi connectivity index (χ4n) is 2.09. The van der Waals surface area contributed by atoms with Crippen LogP contribution in [0.2, 0.25) is 0 Å². The van der Waals surface area contributed by atoms with Crippen molar-refractivity contribution in [1.29, 1.82) is 0 Å². The third-order valence-electron chi connectivity index (χ3n) is 3.04. The van der Waals surface area contributed by atoms with Gasteiger partial charge in [0.15, 0.2) is 0 Å². The van der Waals surface area contributed by atoms with Crippen LogP contribution in [0.25, 0.3) is 0 Å². The Kier molecular flexibility index (Phi) is 5.06. The molecule has 7 heteroatoms. The smallest absolute Gasteiger partial charge is 0.306 e. The largest absolute Gasteiger partial charge is 0.416 e. The molecule has 0 amide bonds. The number of nitrogens with zero attached hydrogens (tertiary/aromatic N) is 1. The van der Waals surface area contributed by atoms with Gasteiger partial charge in [-0.1, -0.05) is 6.92 Å². The second kappa shape index (κ2) is 6.46. The summed E-state index contributed by atoms with van der Waals surface area (Å²) in [7, 11) is 0. The number of aromatic nitrogens is 1. The maximum Gasteiger partial charge on any atom is 0.416 e. The molecular weight excluding hydrogens is 365 g/mol. The van der Waals surface area contributed by atoms with E-state index < -0.39 is 17.8 Å². The maximum atomic E-state index is 13.2. The highest BCUT2D eigenvalue weighted by Gasteiger charge is 2.35. The molecule has 2 nitrogen and oxygen atoms in total. The number of hydrogen-bond donors (Lipinski definition) is 1. The Balaban J connectivity index is 2.53. The number of aryl methyl sites for hydroxylation is 1. The van der Waals surface area contributed by atoms with Crippen molar-refractivity contribution in [3.05, 3.63) is 49.9 Å². The van der Waals surface area contributed by atoms with Crippen LogP contribution in [-0.4, -0.2) is 11.5 Å². The van der Waals surface area contributed by atoms with E-state index in [-0.39, 0.29) is 5.56 Å². The van der Waals surface area contributed by atoms with Crippen molar-refractivity contribution in [2.24, 2.45) is 0 Å². The molecule has 0 spiro atoms. The van der Waals surface area contributed by atoms with Gasteiger partial charge in [0.25, 0.3) is 0 Å². The Morgan fingerprint density at radius 2 is 2.14 bits per heavy atom. The van der Waals surface area contributed by atoms with Crippen LogP contribution in [0.5, 0.6) is 0 Å². The summed E-state index contributed by atoms with van der Waals surface area (Å²) in [6.07, 6.45) is -1.93. The minimum absolute atomic E-state index is 0.153. The average molecular weight is 379 g/mol. The predicted molar refractivity (Wildman–Crippen MR) is 81.5 cm³/mol. The summed E-state index contributed by atoms with van der Waals surface area (Å²) in [4.78, 5) is 4.70. The zero-order valence-corrected chi connectivity index (χ0v) is 13.9. The lowest BCUT2D eigenvalue weighted by Crippen LogP contribution is -2.24. The standard InChI is InChI=1S/C14H14BrF3N2S/c1-3-20-12(11-6-8(2)13(15)21-11)9-7-19-5-4-10(9)14(16,17)18/h4-7,12,20H,3H2,1-2H3. The van der Waals surface area contributed by atoms with Gasteiger partial charge in [0.1, 0.15) is 0 Å². The molecule has 2 aromatic rings. The molecule has 114 valence electrons. The average Bonchev–Trinajstić information content (AvgIpc) is 2.75. The number of pyridine rings is 1. The van der Waals surface area contributed by atoms with Gasteiger partial charge in [0.2, 0.25) is 0 Å². The molecule has 2 rings (SSSR count). The minimum atomic E-state index is -4.39. The first-order valence-corrected chi connectivity index (χ1v) is 7.95. The number of rotatable bonds is 4. The highest BCUT2D eigenvalue weighted by molar-refractivity contribution is 9.11. The Morgan fingerprint density at radius 1 is 1.43 bits per heavy atom. The van der Waals surface area contributed by atoms with E-state index in [0.29, 0.717) is 6.54 Å². The first-order valence-electron chi connectivity index (χ1n) is 6.35. The van der Waals surface area contributed by atoms with E-state index in [0.717, 1.165) is 20.3 Å². The minimum Gasteiger partial charge on any atom is -0.306 e. The molecule has 0 aliphatic carbocycles. The molecule has 0 radical (unpaired) electrons. The molecule has 1 N–H and O–H groups in total. The van der Waals surface area contributed by atoms with Crippen molar-refractivity contribution in [2.45, 2.75) is 26.1 Å². The zero-order chi connectivity index (χ0) is 15.6. The highest BCUT2D eigenvalue weighted by atomic mass is 79.9. The summed E-state index contributed by atoms with van der Waals surface area (Å²) in [5, 5.41) is 3.12. The normalized spacial score (nSPS) is 13.4. The van der Waals surface area contributed by atoms with Gasteiger partial charge in [-0.3, -0.25) is 4.98 Å². The lowest BCUT2D eigenvalue weighted by Gasteiger charge is -2.21. The summed E-state index contributed by atoms with van der Waals surface area (Å²) >= 11 is 4.85. The van der Waals surface area contributed by atoms with Crippen molar-refractivity contribution in [2.75, 3.05) is 6.54 Å². The number of hydrogen-bond acceptors (Lipinski definition) is 3. The quantitative estimate of drug-likeness (QED) is 0.815. The van der Waals surface area contributed by atoms with E-state index in [9.17, 15) is 13.2 Å². The third kappa shape index (κ3) is 3.64. The van der Waals surface area contributed by atoms with E-state index in [2.05, 4.69) is 26.2 Å². The van der Waals surface area contributed by atoms with Crippen molar-refractivity contribution >= 4 is 27.3 Å². The number of nitrogens with one attached hydrogen (secondary N) is 1. The van der Waals surface area contributed by atoms with Crippen molar-refractivity contribution in [3.8, 4) is 0 Å². The molecule has 1 unspecified atom stereocenters. The van der Waals surface area contributed by atoms with E-state index >= 15 is 0 Å². The van der Waals surface area contributed by atoms with E-state index in [1.807, 2.05) is 19.9 Å². The lowest BCUT2D eigenvalue weighted by molar-refractivity contribution is -0.138. The summed E-state index contributed by atoms with van der Waals surface area (Å²) in [5.41, 5.74) is 0.515. The van der Waals surface area contributed by atoms with Gasteiger partial charge in [0, 0.05) is 22.8 Å². The van der Waals surface area contributed by atoms with Gasteiger partial charge in [-0.05, 0) is 47.1 Å². The highest BCUT2D eigenvalue weighted by Crippen LogP contribution is 2.39. The van der Waals surface area contributed by atoms with Crippen LogP contribution in [0.15, 0.2) is 28.3 Å². The van der Waals surface area contributed by atoms with Crippen molar-refractivity contribution in [1.82, 2.24) is 10.3 Å². The van der Waals surface area contributed by atoms with E-state index in [1.54, 1.807) is 0 Å². The second-order valence-electron chi connectivity index (χ2n) is 4.56. The monoisotopic (exact) mass is 378 g/mol. The molecule has 0 aliphatic rings. The van der Waals surface area contributed by atoms with Gasteiger partial charge >= 0.3 is 6.18 Å². The van der Waals surface area contributed by atoms with Crippen molar-refractivity contribution < 1.29 is 13.2 Å².